The number of rotatable bonds is 2. The fourth-order valence-corrected chi connectivity index (χ4v) is 1.44. The summed E-state index contributed by atoms with van der Waals surface area (Å²) in [5.74, 6) is 0. The Labute approximate surface area is 63.7 Å². The minimum atomic E-state index is 0.600. The first kappa shape index (κ1) is 7.80. The summed E-state index contributed by atoms with van der Waals surface area (Å²) >= 11 is 0. The lowest BCUT2D eigenvalue weighted by Gasteiger charge is -2.23. The van der Waals surface area contributed by atoms with Crippen molar-refractivity contribution < 1.29 is 0 Å². The first-order valence-electron chi connectivity index (χ1n) is 4.11. The van der Waals surface area contributed by atoms with Crippen molar-refractivity contribution in [3.05, 3.63) is 12.2 Å². The van der Waals surface area contributed by atoms with Crippen LogP contribution < -0.4 is 0 Å². The van der Waals surface area contributed by atoms with Crippen molar-refractivity contribution >= 4 is 0 Å². The Hall–Kier alpha value is -0.300. The van der Waals surface area contributed by atoms with E-state index >= 15 is 0 Å². The molecule has 1 fully saturated rings. The van der Waals surface area contributed by atoms with E-state index in [0.29, 0.717) is 6.04 Å². The van der Waals surface area contributed by atoms with Crippen LogP contribution in [0.1, 0.15) is 26.7 Å². The van der Waals surface area contributed by atoms with Crippen LogP contribution in [0.15, 0.2) is 12.2 Å². The van der Waals surface area contributed by atoms with Crippen molar-refractivity contribution in [3.63, 3.8) is 0 Å². The second-order valence-electron chi connectivity index (χ2n) is 3.27. The van der Waals surface area contributed by atoms with Gasteiger partial charge in [0.25, 0.3) is 0 Å². The van der Waals surface area contributed by atoms with E-state index in [-0.39, 0.29) is 0 Å². The molecule has 0 saturated carbocycles. The molecule has 1 nitrogen and oxygen atoms in total. The third kappa shape index (κ3) is 1.60. The lowest BCUT2D eigenvalue weighted by Crippen LogP contribution is -2.30. The number of nitrogens with zero attached hydrogens (tertiary/aromatic N) is 1. The SMILES string of the molecule is C=C(C)C(C)N1CCCC1. The quantitative estimate of drug-likeness (QED) is 0.529. The van der Waals surface area contributed by atoms with E-state index < -0.39 is 0 Å². The molecule has 1 aliphatic rings. The highest BCUT2D eigenvalue weighted by molar-refractivity contribution is 5.00. The van der Waals surface area contributed by atoms with E-state index in [0.717, 1.165) is 0 Å². The van der Waals surface area contributed by atoms with E-state index in [2.05, 4.69) is 25.3 Å². The van der Waals surface area contributed by atoms with Crippen LogP contribution in [0.3, 0.4) is 0 Å². The number of hydrogen-bond acceptors (Lipinski definition) is 1. The van der Waals surface area contributed by atoms with Crippen LogP contribution in [0, 0.1) is 0 Å². The zero-order valence-corrected chi connectivity index (χ0v) is 7.06. The van der Waals surface area contributed by atoms with Crippen LogP contribution in [0.4, 0.5) is 0 Å². The minimum Gasteiger partial charge on any atom is -0.297 e. The molecule has 0 aliphatic carbocycles. The molecular weight excluding hydrogens is 122 g/mol. The Kier molecular flexibility index (Phi) is 2.50. The number of hydrogen-bond donors (Lipinski definition) is 0. The second kappa shape index (κ2) is 3.20. The molecule has 1 aliphatic heterocycles. The van der Waals surface area contributed by atoms with Gasteiger partial charge in [0.2, 0.25) is 0 Å². The molecule has 0 aromatic rings. The van der Waals surface area contributed by atoms with Crippen LogP contribution in [0.25, 0.3) is 0 Å². The Morgan fingerprint density at radius 2 is 1.90 bits per heavy atom. The molecule has 1 rings (SSSR count). The van der Waals surface area contributed by atoms with Crippen molar-refractivity contribution in [1.29, 1.82) is 0 Å². The molecular formula is C9H17N. The Balaban J connectivity index is 2.39. The maximum Gasteiger partial charge on any atom is 0.0273 e. The molecule has 1 atom stereocenters. The smallest absolute Gasteiger partial charge is 0.0273 e. The van der Waals surface area contributed by atoms with Gasteiger partial charge in [0, 0.05) is 6.04 Å². The van der Waals surface area contributed by atoms with Gasteiger partial charge in [-0.05, 0) is 39.8 Å². The lowest BCUT2D eigenvalue weighted by molar-refractivity contribution is 0.290. The van der Waals surface area contributed by atoms with Gasteiger partial charge in [0.05, 0.1) is 0 Å². The van der Waals surface area contributed by atoms with Gasteiger partial charge in [-0.15, -0.1) is 0 Å². The second-order valence-corrected chi connectivity index (χ2v) is 3.27. The standard InChI is InChI=1S/C9H17N/c1-8(2)9(3)10-6-4-5-7-10/h9H,1,4-7H2,2-3H3. The van der Waals surface area contributed by atoms with E-state index in [1.54, 1.807) is 0 Å². The van der Waals surface area contributed by atoms with Crippen molar-refractivity contribution in [2.75, 3.05) is 13.1 Å². The topological polar surface area (TPSA) is 3.24 Å². The third-order valence-corrected chi connectivity index (χ3v) is 2.40. The molecule has 58 valence electrons. The van der Waals surface area contributed by atoms with Gasteiger partial charge < -0.3 is 0 Å². The third-order valence-electron chi connectivity index (χ3n) is 2.40. The van der Waals surface area contributed by atoms with Crippen LogP contribution in [-0.4, -0.2) is 24.0 Å². The molecule has 0 spiro atoms. The summed E-state index contributed by atoms with van der Waals surface area (Å²) in [7, 11) is 0. The molecule has 1 unspecified atom stereocenters. The van der Waals surface area contributed by atoms with Gasteiger partial charge in [-0.25, -0.2) is 0 Å². The molecule has 0 N–H and O–H groups in total. The summed E-state index contributed by atoms with van der Waals surface area (Å²) < 4.78 is 0. The van der Waals surface area contributed by atoms with Crippen molar-refractivity contribution in [1.82, 2.24) is 4.90 Å². The molecule has 1 heteroatoms. The van der Waals surface area contributed by atoms with Gasteiger partial charge in [-0.2, -0.15) is 0 Å². The Bertz CT molecular complexity index is 123. The molecule has 0 bridgehead atoms. The largest absolute Gasteiger partial charge is 0.297 e. The predicted octanol–water partition coefficient (Wildman–Crippen LogP) is 2.05. The monoisotopic (exact) mass is 139 g/mol. The predicted molar refractivity (Wildman–Crippen MR) is 45.1 cm³/mol. The maximum atomic E-state index is 3.96. The average Bonchev–Trinajstić information content (AvgIpc) is 2.36. The summed E-state index contributed by atoms with van der Waals surface area (Å²) in [6.45, 7) is 10.9. The average molecular weight is 139 g/mol. The minimum absolute atomic E-state index is 0.600. The van der Waals surface area contributed by atoms with Crippen molar-refractivity contribution in [3.8, 4) is 0 Å². The van der Waals surface area contributed by atoms with Crippen molar-refractivity contribution in [2.24, 2.45) is 0 Å². The Morgan fingerprint density at radius 1 is 1.40 bits per heavy atom. The Morgan fingerprint density at radius 3 is 2.30 bits per heavy atom. The molecule has 0 radical (unpaired) electrons. The fourth-order valence-electron chi connectivity index (χ4n) is 1.44. The molecule has 10 heavy (non-hydrogen) atoms. The summed E-state index contributed by atoms with van der Waals surface area (Å²) in [5.41, 5.74) is 1.29. The summed E-state index contributed by atoms with van der Waals surface area (Å²) in [6.07, 6.45) is 2.75. The van der Waals surface area contributed by atoms with E-state index in [4.69, 9.17) is 0 Å². The van der Waals surface area contributed by atoms with Gasteiger partial charge in [0.15, 0.2) is 0 Å². The highest BCUT2D eigenvalue weighted by Crippen LogP contribution is 2.15. The van der Waals surface area contributed by atoms with Gasteiger partial charge in [0.1, 0.15) is 0 Å². The van der Waals surface area contributed by atoms with Crippen LogP contribution in [0.2, 0.25) is 0 Å². The fraction of sp³-hybridized carbons (Fsp3) is 0.778. The van der Waals surface area contributed by atoms with Gasteiger partial charge in [-0.3, -0.25) is 4.90 Å². The zero-order valence-electron chi connectivity index (χ0n) is 7.06. The van der Waals surface area contributed by atoms with Gasteiger partial charge >= 0.3 is 0 Å². The zero-order chi connectivity index (χ0) is 7.56. The first-order valence-corrected chi connectivity index (χ1v) is 4.11. The maximum absolute atomic E-state index is 3.96. The lowest BCUT2D eigenvalue weighted by atomic mass is 10.1. The summed E-state index contributed by atoms with van der Waals surface area (Å²) in [6, 6.07) is 0.600. The summed E-state index contributed by atoms with van der Waals surface area (Å²) in [5, 5.41) is 0. The molecule has 0 amide bonds. The van der Waals surface area contributed by atoms with Crippen LogP contribution in [0.5, 0.6) is 0 Å². The van der Waals surface area contributed by atoms with Gasteiger partial charge in [-0.1, -0.05) is 12.2 Å². The molecule has 0 aromatic heterocycles. The molecule has 0 aromatic carbocycles. The van der Waals surface area contributed by atoms with E-state index in [9.17, 15) is 0 Å². The van der Waals surface area contributed by atoms with Crippen molar-refractivity contribution in [2.45, 2.75) is 32.7 Å². The molecule has 1 heterocycles. The van der Waals surface area contributed by atoms with Crippen LogP contribution in [-0.2, 0) is 0 Å². The van der Waals surface area contributed by atoms with E-state index in [1.807, 2.05) is 0 Å². The molecule has 1 saturated heterocycles. The van der Waals surface area contributed by atoms with Crippen LogP contribution >= 0.6 is 0 Å². The summed E-state index contributed by atoms with van der Waals surface area (Å²) in [4.78, 5) is 2.50. The number of likely N-dealkylation sites (tertiary alicyclic amines) is 1. The van der Waals surface area contributed by atoms with E-state index in [1.165, 1.54) is 31.5 Å². The highest BCUT2D eigenvalue weighted by Gasteiger charge is 2.17. The normalized spacial score (nSPS) is 23.0. The first-order chi connectivity index (χ1) is 4.72. The highest BCUT2D eigenvalue weighted by atomic mass is 15.2.